The molecule has 0 radical (unpaired) electrons. The van der Waals surface area contributed by atoms with E-state index < -0.39 is 6.10 Å². The van der Waals surface area contributed by atoms with Crippen LogP contribution in [0.5, 0.6) is 0 Å². The molecule has 1 nitrogen and oxygen atoms in total. The second kappa shape index (κ2) is 3.80. The highest BCUT2D eigenvalue weighted by Crippen LogP contribution is 2.40. The van der Waals surface area contributed by atoms with Gasteiger partial charge in [-0.05, 0) is 46.8 Å². The molecule has 0 bridgehead atoms. The minimum Gasteiger partial charge on any atom is -0.388 e. The Hall–Kier alpha value is -0.120. The summed E-state index contributed by atoms with van der Waals surface area (Å²) in [6.07, 6.45) is 1.50. The molecule has 2 rings (SSSR count). The van der Waals surface area contributed by atoms with Crippen molar-refractivity contribution in [3.63, 3.8) is 0 Å². The number of aliphatic hydroxyl groups is 1. The number of rotatable bonds is 0. The number of hydrogen-bond donors (Lipinski definition) is 1. The Kier molecular flexibility index (Phi) is 2.82. The molecule has 76 valence electrons. The Bertz CT molecular complexity index is 381. The first-order valence-corrected chi connectivity index (χ1v) is 5.62. The molecule has 1 N–H and O–H groups in total. The lowest BCUT2D eigenvalue weighted by Gasteiger charge is -2.23. The normalized spacial score (nSPS) is 20.7. The third-order valence-corrected chi connectivity index (χ3v) is 3.81. The third-order valence-electron chi connectivity index (χ3n) is 2.55. The van der Waals surface area contributed by atoms with Gasteiger partial charge in [-0.1, -0.05) is 11.6 Å². The predicted octanol–water partition coefficient (Wildman–Crippen LogP) is 3.61. The van der Waals surface area contributed by atoms with Gasteiger partial charge in [-0.3, -0.25) is 0 Å². The summed E-state index contributed by atoms with van der Waals surface area (Å²) in [7, 11) is 0. The fourth-order valence-electron chi connectivity index (χ4n) is 1.87. The molecular formula is C10H9BrClFO. The quantitative estimate of drug-likeness (QED) is 0.719. The maximum Gasteiger partial charge on any atom is 0.127 e. The Balaban J connectivity index is 2.67. The van der Waals surface area contributed by atoms with E-state index in [4.69, 9.17) is 11.6 Å². The average Bonchev–Trinajstić information content (AvgIpc) is 2.14. The average molecular weight is 280 g/mol. The van der Waals surface area contributed by atoms with E-state index in [0.29, 0.717) is 33.5 Å². The summed E-state index contributed by atoms with van der Waals surface area (Å²) in [5.41, 5.74) is 1.13. The van der Waals surface area contributed by atoms with Crippen molar-refractivity contribution in [1.29, 1.82) is 0 Å². The molecule has 0 aliphatic heterocycles. The second-order valence-electron chi connectivity index (χ2n) is 3.45. The van der Waals surface area contributed by atoms with E-state index in [2.05, 4.69) is 15.9 Å². The summed E-state index contributed by atoms with van der Waals surface area (Å²) in [4.78, 5) is 0. The highest BCUT2D eigenvalue weighted by atomic mass is 79.9. The highest BCUT2D eigenvalue weighted by molar-refractivity contribution is 9.10. The smallest absolute Gasteiger partial charge is 0.127 e. The van der Waals surface area contributed by atoms with Gasteiger partial charge in [0.25, 0.3) is 0 Å². The second-order valence-corrected chi connectivity index (χ2v) is 4.69. The molecule has 0 saturated heterocycles. The lowest BCUT2D eigenvalue weighted by atomic mass is 9.89. The molecular weight excluding hydrogens is 270 g/mol. The van der Waals surface area contributed by atoms with Crippen molar-refractivity contribution in [3.8, 4) is 0 Å². The molecule has 1 aromatic carbocycles. The molecule has 0 aromatic heterocycles. The number of fused-ring (bicyclic) bond motifs is 1. The summed E-state index contributed by atoms with van der Waals surface area (Å²) < 4.78 is 14.0. The summed E-state index contributed by atoms with van der Waals surface area (Å²) in [6.45, 7) is 0. The van der Waals surface area contributed by atoms with Crippen molar-refractivity contribution in [2.24, 2.45) is 0 Å². The van der Waals surface area contributed by atoms with Crippen molar-refractivity contribution in [2.75, 3.05) is 0 Å². The van der Waals surface area contributed by atoms with Crippen LogP contribution in [-0.4, -0.2) is 5.11 Å². The molecule has 0 saturated carbocycles. The van der Waals surface area contributed by atoms with Crippen LogP contribution in [0.15, 0.2) is 10.5 Å². The topological polar surface area (TPSA) is 20.2 Å². The van der Waals surface area contributed by atoms with E-state index in [9.17, 15) is 9.50 Å². The largest absolute Gasteiger partial charge is 0.388 e. The standard InChI is InChI=1S/C10H9BrClFO/c11-6-4-7(13)5-2-1-3-8(14)9(5)10(6)12/h4,8,14H,1-3H2. The monoisotopic (exact) mass is 278 g/mol. The van der Waals surface area contributed by atoms with E-state index in [0.717, 1.165) is 6.42 Å². The molecule has 0 fully saturated rings. The van der Waals surface area contributed by atoms with Gasteiger partial charge in [-0.25, -0.2) is 4.39 Å². The van der Waals surface area contributed by atoms with Crippen molar-refractivity contribution in [3.05, 3.63) is 32.5 Å². The first-order chi connectivity index (χ1) is 6.61. The van der Waals surface area contributed by atoms with E-state index >= 15 is 0 Å². The summed E-state index contributed by atoms with van der Waals surface area (Å²) >= 11 is 9.17. The fourth-order valence-corrected chi connectivity index (χ4v) is 2.58. The predicted molar refractivity (Wildman–Crippen MR) is 57.0 cm³/mol. The molecule has 1 aromatic rings. The van der Waals surface area contributed by atoms with Gasteiger partial charge in [0.1, 0.15) is 5.82 Å². The van der Waals surface area contributed by atoms with Gasteiger partial charge >= 0.3 is 0 Å². The zero-order valence-electron chi connectivity index (χ0n) is 7.36. The molecule has 1 aliphatic carbocycles. The summed E-state index contributed by atoms with van der Waals surface area (Å²) in [6, 6.07) is 1.36. The van der Waals surface area contributed by atoms with Gasteiger partial charge in [0, 0.05) is 10.0 Å². The van der Waals surface area contributed by atoms with Crippen LogP contribution in [-0.2, 0) is 6.42 Å². The van der Waals surface area contributed by atoms with Gasteiger partial charge in [0.05, 0.1) is 11.1 Å². The fraction of sp³-hybridized carbons (Fsp3) is 0.400. The van der Waals surface area contributed by atoms with Crippen molar-refractivity contribution in [1.82, 2.24) is 0 Å². The van der Waals surface area contributed by atoms with Crippen LogP contribution in [0, 0.1) is 5.82 Å². The van der Waals surface area contributed by atoms with Crippen molar-refractivity contribution < 1.29 is 9.50 Å². The molecule has 1 aliphatic rings. The van der Waals surface area contributed by atoms with E-state index in [-0.39, 0.29) is 5.82 Å². The maximum atomic E-state index is 13.5. The van der Waals surface area contributed by atoms with Crippen LogP contribution in [0.3, 0.4) is 0 Å². The van der Waals surface area contributed by atoms with Gasteiger partial charge in [-0.15, -0.1) is 0 Å². The number of aliphatic hydroxyl groups excluding tert-OH is 1. The number of hydrogen-bond acceptors (Lipinski definition) is 1. The first kappa shape index (κ1) is 10.4. The number of benzene rings is 1. The number of halogens is 3. The molecule has 1 unspecified atom stereocenters. The summed E-state index contributed by atoms with van der Waals surface area (Å²) in [5, 5.41) is 10.2. The molecule has 14 heavy (non-hydrogen) atoms. The van der Waals surface area contributed by atoms with Gasteiger partial charge in [0.15, 0.2) is 0 Å². The van der Waals surface area contributed by atoms with Crippen LogP contribution in [0.25, 0.3) is 0 Å². The molecule has 1 atom stereocenters. The minimum atomic E-state index is -0.627. The Labute approximate surface area is 95.0 Å². The van der Waals surface area contributed by atoms with Crippen LogP contribution in [0.2, 0.25) is 5.02 Å². The van der Waals surface area contributed by atoms with Crippen molar-refractivity contribution in [2.45, 2.75) is 25.4 Å². The lowest BCUT2D eigenvalue weighted by molar-refractivity contribution is 0.155. The zero-order valence-corrected chi connectivity index (χ0v) is 9.70. The van der Waals surface area contributed by atoms with Gasteiger partial charge < -0.3 is 5.11 Å². The minimum absolute atomic E-state index is 0.282. The zero-order chi connectivity index (χ0) is 10.3. The Morgan fingerprint density at radius 1 is 1.57 bits per heavy atom. The molecule has 4 heteroatoms. The Morgan fingerprint density at radius 2 is 2.29 bits per heavy atom. The van der Waals surface area contributed by atoms with Crippen LogP contribution < -0.4 is 0 Å². The van der Waals surface area contributed by atoms with E-state index in [1.807, 2.05) is 0 Å². The molecule has 0 spiro atoms. The van der Waals surface area contributed by atoms with Crippen LogP contribution in [0.4, 0.5) is 4.39 Å². The van der Waals surface area contributed by atoms with Crippen LogP contribution >= 0.6 is 27.5 Å². The Morgan fingerprint density at radius 3 is 3.00 bits per heavy atom. The lowest BCUT2D eigenvalue weighted by Crippen LogP contribution is -2.12. The van der Waals surface area contributed by atoms with E-state index in [1.54, 1.807) is 0 Å². The SMILES string of the molecule is OC1CCCc2c(F)cc(Br)c(Cl)c21. The maximum absolute atomic E-state index is 13.5. The summed E-state index contributed by atoms with van der Waals surface area (Å²) in [5.74, 6) is -0.282. The first-order valence-electron chi connectivity index (χ1n) is 4.45. The third kappa shape index (κ3) is 1.58. The van der Waals surface area contributed by atoms with Gasteiger partial charge in [0.2, 0.25) is 0 Å². The van der Waals surface area contributed by atoms with E-state index in [1.165, 1.54) is 6.07 Å². The van der Waals surface area contributed by atoms with Crippen molar-refractivity contribution >= 4 is 27.5 Å². The molecule has 0 heterocycles. The molecule has 0 amide bonds. The highest BCUT2D eigenvalue weighted by Gasteiger charge is 2.25. The van der Waals surface area contributed by atoms with Crippen LogP contribution in [0.1, 0.15) is 30.1 Å². The van der Waals surface area contributed by atoms with Gasteiger partial charge in [-0.2, -0.15) is 0 Å².